The molecule has 1 heterocycles. The second-order valence-corrected chi connectivity index (χ2v) is 9.06. The minimum atomic E-state index is -0.232. The summed E-state index contributed by atoms with van der Waals surface area (Å²) in [5.41, 5.74) is 0.919. The lowest BCUT2D eigenvalue weighted by atomic mass is 9.90. The van der Waals surface area contributed by atoms with E-state index in [1.165, 1.54) is 11.3 Å². The van der Waals surface area contributed by atoms with E-state index in [0.29, 0.717) is 22.9 Å². The van der Waals surface area contributed by atoms with Crippen molar-refractivity contribution in [2.24, 2.45) is 0 Å². The highest BCUT2D eigenvalue weighted by Gasteiger charge is 2.29. The fourth-order valence-electron chi connectivity index (χ4n) is 3.71. The van der Waals surface area contributed by atoms with Crippen molar-refractivity contribution in [1.82, 2.24) is 15.6 Å². The van der Waals surface area contributed by atoms with Crippen LogP contribution in [0.4, 0.5) is 0 Å². The third-order valence-electron chi connectivity index (χ3n) is 5.40. The van der Waals surface area contributed by atoms with Crippen molar-refractivity contribution in [1.29, 1.82) is 0 Å². The minimum absolute atomic E-state index is 0.129. The molecule has 3 aromatic rings. The van der Waals surface area contributed by atoms with Crippen LogP contribution in [0.15, 0.2) is 60.0 Å². The molecule has 32 heavy (non-hydrogen) atoms. The summed E-state index contributed by atoms with van der Waals surface area (Å²) < 4.78 is 5.71. The zero-order chi connectivity index (χ0) is 22.3. The van der Waals surface area contributed by atoms with Crippen molar-refractivity contribution in [3.63, 3.8) is 0 Å². The van der Waals surface area contributed by atoms with Crippen LogP contribution in [0.3, 0.4) is 0 Å². The van der Waals surface area contributed by atoms with Crippen LogP contribution in [0.2, 0.25) is 5.02 Å². The molecule has 0 spiro atoms. The van der Waals surface area contributed by atoms with E-state index in [0.717, 1.165) is 36.4 Å². The number of carbonyl (C=O) groups is 2. The molecule has 0 bridgehead atoms. The van der Waals surface area contributed by atoms with Crippen molar-refractivity contribution in [2.75, 3.05) is 0 Å². The van der Waals surface area contributed by atoms with E-state index in [1.54, 1.807) is 29.6 Å². The Balaban J connectivity index is 1.34. The topological polar surface area (TPSA) is 80.3 Å². The molecule has 2 aromatic carbocycles. The summed E-state index contributed by atoms with van der Waals surface area (Å²) in [6.07, 6.45) is 3.64. The SMILES string of the molecule is O=C(N[C@H]1CCCC[C@H]1NC(=O)c1csc(COc2ccccc2)n1)c1ccc(Cl)cc1. The molecule has 1 aliphatic rings. The third-order valence-corrected chi connectivity index (χ3v) is 6.47. The summed E-state index contributed by atoms with van der Waals surface area (Å²) in [4.78, 5) is 29.8. The van der Waals surface area contributed by atoms with Crippen LogP contribution in [0.5, 0.6) is 5.75 Å². The predicted molar refractivity (Wildman–Crippen MR) is 125 cm³/mol. The van der Waals surface area contributed by atoms with E-state index in [2.05, 4.69) is 15.6 Å². The van der Waals surface area contributed by atoms with E-state index in [9.17, 15) is 9.59 Å². The van der Waals surface area contributed by atoms with E-state index < -0.39 is 0 Å². The zero-order valence-corrected chi connectivity index (χ0v) is 19.0. The van der Waals surface area contributed by atoms with Gasteiger partial charge in [0.2, 0.25) is 0 Å². The number of hydrogen-bond donors (Lipinski definition) is 2. The lowest BCUT2D eigenvalue weighted by Gasteiger charge is -2.32. The Morgan fingerprint density at radius 1 is 0.969 bits per heavy atom. The maximum Gasteiger partial charge on any atom is 0.271 e. The molecule has 0 unspecified atom stereocenters. The summed E-state index contributed by atoms with van der Waals surface area (Å²) in [6.45, 7) is 0.311. The predicted octanol–water partition coefficient (Wildman–Crippen LogP) is 4.85. The van der Waals surface area contributed by atoms with Gasteiger partial charge >= 0.3 is 0 Å². The maximum absolute atomic E-state index is 12.8. The Morgan fingerprint density at radius 2 is 1.62 bits per heavy atom. The molecule has 2 atom stereocenters. The molecular formula is C24H24ClN3O3S. The molecule has 2 N–H and O–H groups in total. The number of ether oxygens (including phenoxy) is 1. The Bertz CT molecular complexity index is 1060. The van der Waals surface area contributed by atoms with Gasteiger partial charge in [-0.15, -0.1) is 11.3 Å². The largest absolute Gasteiger partial charge is 0.486 e. The average Bonchev–Trinajstić information content (AvgIpc) is 3.29. The Morgan fingerprint density at radius 3 is 2.31 bits per heavy atom. The highest BCUT2D eigenvalue weighted by Crippen LogP contribution is 2.21. The van der Waals surface area contributed by atoms with E-state index in [4.69, 9.17) is 16.3 Å². The summed E-state index contributed by atoms with van der Waals surface area (Å²) in [7, 11) is 0. The van der Waals surface area contributed by atoms with Gasteiger partial charge in [0.15, 0.2) is 0 Å². The standard InChI is InChI=1S/C24H24ClN3O3S/c25-17-12-10-16(11-13-17)23(29)27-19-8-4-5-9-20(19)28-24(30)21-15-32-22(26-21)14-31-18-6-2-1-3-7-18/h1-3,6-7,10-13,15,19-20H,4-5,8-9,14H2,(H,27,29)(H,28,30)/t19-,20+/m0/s1. The van der Waals surface area contributed by atoms with E-state index >= 15 is 0 Å². The normalized spacial score (nSPS) is 18.0. The number of para-hydroxylation sites is 1. The molecule has 0 saturated heterocycles. The zero-order valence-electron chi connectivity index (χ0n) is 17.4. The van der Waals surface area contributed by atoms with Gasteiger partial charge in [0, 0.05) is 28.0 Å². The van der Waals surface area contributed by atoms with Crippen molar-refractivity contribution in [3.8, 4) is 5.75 Å². The van der Waals surface area contributed by atoms with Gasteiger partial charge in [-0.2, -0.15) is 0 Å². The van der Waals surface area contributed by atoms with Crippen LogP contribution in [-0.4, -0.2) is 28.9 Å². The van der Waals surface area contributed by atoms with Gasteiger partial charge in [-0.1, -0.05) is 42.6 Å². The molecule has 1 saturated carbocycles. The van der Waals surface area contributed by atoms with Gasteiger partial charge in [0.25, 0.3) is 11.8 Å². The Labute approximate surface area is 196 Å². The Kier molecular flexibility index (Phi) is 7.39. The quantitative estimate of drug-likeness (QED) is 0.518. The number of nitrogens with zero attached hydrogens (tertiary/aromatic N) is 1. The molecule has 1 fully saturated rings. The average molecular weight is 470 g/mol. The molecule has 166 valence electrons. The molecule has 0 aliphatic heterocycles. The van der Waals surface area contributed by atoms with Gasteiger partial charge in [-0.05, 0) is 49.2 Å². The molecule has 1 aromatic heterocycles. The summed E-state index contributed by atoms with van der Waals surface area (Å²) >= 11 is 7.30. The number of thiazole rings is 1. The fraction of sp³-hybridized carbons (Fsp3) is 0.292. The van der Waals surface area contributed by atoms with E-state index in [-0.39, 0.29) is 23.9 Å². The molecule has 4 rings (SSSR count). The maximum atomic E-state index is 12.8. The highest BCUT2D eigenvalue weighted by molar-refractivity contribution is 7.09. The molecule has 1 aliphatic carbocycles. The highest BCUT2D eigenvalue weighted by atomic mass is 35.5. The van der Waals surface area contributed by atoms with Gasteiger partial charge < -0.3 is 15.4 Å². The number of benzene rings is 2. The van der Waals surface area contributed by atoms with Crippen LogP contribution in [0.1, 0.15) is 51.5 Å². The summed E-state index contributed by atoms with van der Waals surface area (Å²) in [5.74, 6) is 0.363. The summed E-state index contributed by atoms with van der Waals surface area (Å²) in [5, 5.41) is 9.19. The second kappa shape index (κ2) is 10.6. The first kappa shape index (κ1) is 22.3. The molecule has 8 heteroatoms. The number of rotatable bonds is 7. The number of nitrogens with one attached hydrogen (secondary N) is 2. The number of halogens is 1. The van der Waals surface area contributed by atoms with Crippen molar-refractivity contribution < 1.29 is 14.3 Å². The number of aromatic nitrogens is 1. The van der Waals surface area contributed by atoms with Crippen molar-refractivity contribution >= 4 is 34.8 Å². The third kappa shape index (κ3) is 5.87. The van der Waals surface area contributed by atoms with Crippen molar-refractivity contribution in [2.45, 2.75) is 44.4 Å². The van der Waals surface area contributed by atoms with E-state index in [1.807, 2.05) is 30.3 Å². The smallest absolute Gasteiger partial charge is 0.271 e. The second-order valence-electron chi connectivity index (χ2n) is 7.68. The summed E-state index contributed by atoms with van der Waals surface area (Å²) in [6, 6.07) is 16.0. The van der Waals surface area contributed by atoms with Crippen LogP contribution >= 0.6 is 22.9 Å². The molecule has 6 nitrogen and oxygen atoms in total. The first-order chi connectivity index (χ1) is 15.6. The molecule has 2 amide bonds. The molecule has 0 radical (unpaired) electrons. The first-order valence-corrected chi connectivity index (χ1v) is 11.8. The van der Waals surface area contributed by atoms with Gasteiger partial charge in [-0.25, -0.2) is 4.98 Å². The minimum Gasteiger partial charge on any atom is -0.486 e. The monoisotopic (exact) mass is 469 g/mol. The van der Waals surface area contributed by atoms with Crippen molar-refractivity contribution in [3.05, 3.63) is 81.3 Å². The lowest BCUT2D eigenvalue weighted by Crippen LogP contribution is -2.53. The van der Waals surface area contributed by atoms with Crippen LogP contribution in [0.25, 0.3) is 0 Å². The number of carbonyl (C=O) groups excluding carboxylic acids is 2. The number of amides is 2. The van der Waals surface area contributed by atoms with Gasteiger partial charge in [0.05, 0.1) is 0 Å². The molecular weight excluding hydrogens is 446 g/mol. The first-order valence-electron chi connectivity index (χ1n) is 10.6. The van der Waals surface area contributed by atoms with Crippen LogP contribution < -0.4 is 15.4 Å². The lowest BCUT2D eigenvalue weighted by molar-refractivity contribution is 0.0860. The van der Waals surface area contributed by atoms with Gasteiger partial charge in [0.1, 0.15) is 23.1 Å². The van der Waals surface area contributed by atoms with Crippen LogP contribution in [0, 0.1) is 0 Å². The Hall–Kier alpha value is -2.90. The fourth-order valence-corrected chi connectivity index (χ4v) is 4.53. The van der Waals surface area contributed by atoms with Crippen LogP contribution in [-0.2, 0) is 6.61 Å². The number of hydrogen-bond acceptors (Lipinski definition) is 5. The van der Waals surface area contributed by atoms with Gasteiger partial charge in [-0.3, -0.25) is 9.59 Å².